The first-order chi connectivity index (χ1) is 18.9. The largest absolute Gasteiger partial charge is 0.481 e. The first kappa shape index (κ1) is 30.0. The van der Waals surface area contributed by atoms with Crippen molar-refractivity contribution in [3.05, 3.63) is 35.5 Å². The minimum Gasteiger partial charge on any atom is -0.481 e. The fourth-order valence-corrected chi connectivity index (χ4v) is 7.49. The highest BCUT2D eigenvalue weighted by Crippen LogP contribution is 2.51. The molecule has 220 valence electrons. The van der Waals surface area contributed by atoms with Crippen molar-refractivity contribution < 1.29 is 34.8 Å². The van der Waals surface area contributed by atoms with Gasteiger partial charge in [0.1, 0.15) is 0 Å². The highest BCUT2D eigenvalue weighted by molar-refractivity contribution is 5.88. The Bertz CT molecular complexity index is 1210. The van der Waals surface area contributed by atoms with E-state index in [1.165, 1.54) is 74.4 Å². The second-order valence-corrected chi connectivity index (χ2v) is 12.1. The average Bonchev–Trinajstić information content (AvgIpc) is 3.29. The number of hydrogen-bond acceptors (Lipinski definition) is 6. The molecule has 2 saturated carbocycles. The number of aliphatic carboxylic acids is 3. The predicted octanol–water partition coefficient (Wildman–Crippen LogP) is 3.72. The molecule has 0 amide bonds. The first-order valence-corrected chi connectivity index (χ1v) is 14.3. The summed E-state index contributed by atoms with van der Waals surface area (Å²) in [5.41, 5.74) is 2.25. The van der Waals surface area contributed by atoms with E-state index in [9.17, 15) is 14.4 Å². The lowest BCUT2D eigenvalue weighted by molar-refractivity contribution is -0.170. The molecule has 10 heteroatoms. The first-order valence-electron chi connectivity index (χ1n) is 14.3. The van der Waals surface area contributed by atoms with Crippen molar-refractivity contribution >= 4 is 28.8 Å². The number of carboxylic acids is 3. The van der Waals surface area contributed by atoms with Crippen molar-refractivity contribution in [3.63, 3.8) is 0 Å². The van der Waals surface area contributed by atoms with Gasteiger partial charge < -0.3 is 35.6 Å². The molecule has 2 aliphatic carbocycles. The zero-order chi connectivity index (χ0) is 29.1. The summed E-state index contributed by atoms with van der Waals surface area (Å²) < 4.78 is 0. The van der Waals surface area contributed by atoms with Crippen LogP contribution in [0.1, 0.15) is 81.9 Å². The van der Waals surface area contributed by atoms with Gasteiger partial charge in [-0.25, -0.2) is 4.79 Å². The SMILES string of the molecule is CN(C)C1(C2CCCCC2)CCC2(CC1)NCCc1c2[nH]c2ccccc12.O=C(O)CC(O)(CC(=O)O)C(=O)O. The van der Waals surface area contributed by atoms with Crippen LogP contribution in [-0.2, 0) is 26.3 Å². The molecule has 10 nitrogen and oxygen atoms in total. The van der Waals surface area contributed by atoms with Crippen molar-refractivity contribution in [1.29, 1.82) is 0 Å². The maximum atomic E-state index is 10.3. The van der Waals surface area contributed by atoms with Gasteiger partial charge in [0.05, 0.1) is 18.4 Å². The van der Waals surface area contributed by atoms with Crippen LogP contribution in [0, 0.1) is 5.92 Å². The lowest BCUT2D eigenvalue weighted by atomic mass is 9.61. The number of aromatic nitrogens is 1. The number of nitrogens with zero attached hydrogens (tertiary/aromatic N) is 1. The molecule has 5 rings (SSSR count). The Labute approximate surface area is 234 Å². The van der Waals surface area contributed by atoms with Crippen molar-refractivity contribution in [2.24, 2.45) is 5.92 Å². The number of hydrogen-bond donors (Lipinski definition) is 6. The summed E-state index contributed by atoms with van der Waals surface area (Å²) in [5, 5.41) is 39.2. The summed E-state index contributed by atoms with van der Waals surface area (Å²) in [6.45, 7) is 1.12. The number of H-pyrrole nitrogens is 1. The van der Waals surface area contributed by atoms with Gasteiger partial charge in [-0.1, -0.05) is 37.5 Å². The number of aliphatic hydroxyl groups is 1. The van der Waals surface area contributed by atoms with E-state index in [4.69, 9.17) is 20.4 Å². The molecule has 6 N–H and O–H groups in total. The van der Waals surface area contributed by atoms with E-state index >= 15 is 0 Å². The van der Waals surface area contributed by atoms with Crippen molar-refractivity contribution in [2.75, 3.05) is 20.6 Å². The summed E-state index contributed by atoms with van der Waals surface area (Å²) in [6, 6.07) is 8.90. The molecule has 0 bridgehead atoms. The Kier molecular flexibility index (Phi) is 8.92. The molecule has 2 heterocycles. The fourth-order valence-electron chi connectivity index (χ4n) is 7.49. The van der Waals surface area contributed by atoms with Gasteiger partial charge in [0.25, 0.3) is 0 Å². The highest BCUT2D eigenvalue weighted by atomic mass is 16.4. The number of rotatable bonds is 7. The number of aromatic amines is 1. The maximum Gasteiger partial charge on any atom is 0.336 e. The van der Waals surface area contributed by atoms with Gasteiger partial charge in [0.15, 0.2) is 5.60 Å². The molecule has 40 heavy (non-hydrogen) atoms. The summed E-state index contributed by atoms with van der Waals surface area (Å²) >= 11 is 0. The van der Waals surface area contributed by atoms with E-state index in [1.54, 1.807) is 5.56 Å². The van der Waals surface area contributed by atoms with Crippen molar-refractivity contribution in [1.82, 2.24) is 15.2 Å². The van der Waals surface area contributed by atoms with E-state index < -0.39 is 36.4 Å². The van der Waals surface area contributed by atoms with Gasteiger partial charge in [0.2, 0.25) is 0 Å². The Morgan fingerprint density at radius 1 is 0.950 bits per heavy atom. The van der Waals surface area contributed by atoms with Gasteiger partial charge >= 0.3 is 17.9 Å². The Morgan fingerprint density at radius 3 is 2.10 bits per heavy atom. The average molecular weight is 558 g/mol. The van der Waals surface area contributed by atoms with Gasteiger partial charge in [0, 0.05) is 28.7 Å². The van der Waals surface area contributed by atoms with Crippen LogP contribution in [-0.4, -0.2) is 80.0 Å². The van der Waals surface area contributed by atoms with E-state index in [-0.39, 0.29) is 5.54 Å². The molecule has 2 aromatic rings. The molecule has 0 atom stereocenters. The third-order valence-electron chi connectivity index (χ3n) is 9.64. The lowest BCUT2D eigenvalue weighted by Gasteiger charge is -2.55. The number of nitrogens with one attached hydrogen (secondary N) is 2. The molecule has 1 aromatic carbocycles. The van der Waals surface area contributed by atoms with Crippen LogP contribution in [0.15, 0.2) is 24.3 Å². The van der Waals surface area contributed by atoms with Crippen LogP contribution in [0.3, 0.4) is 0 Å². The molecular formula is C30H43N3O7. The Morgan fingerprint density at radius 2 is 1.55 bits per heavy atom. The van der Waals surface area contributed by atoms with Crippen LogP contribution in [0.25, 0.3) is 10.9 Å². The minimum absolute atomic E-state index is 0.167. The summed E-state index contributed by atoms with van der Waals surface area (Å²) in [5.74, 6) is -4.13. The Hall–Kier alpha value is -2.95. The van der Waals surface area contributed by atoms with Crippen LogP contribution in [0.4, 0.5) is 0 Å². The van der Waals surface area contributed by atoms with Crippen LogP contribution < -0.4 is 5.32 Å². The predicted molar refractivity (Wildman–Crippen MR) is 150 cm³/mol. The summed E-state index contributed by atoms with van der Waals surface area (Å²) in [7, 11) is 4.69. The number of carbonyl (C=O) groups is 3. The van der Waals surface area contributed by atoms with Crippen LogP contribution in [0.5, 0.6) is 0 Å². The maximum absolute atomic E-state index is 10.3. The molecule has 0 unspecified atom stereocenters. The standard InChI is InChI=1S/C24H35N3.C6H8O7/c1-27(2)24(18-8-4-3-5-9-18)15-13-23(14-16-24)22-20(12-17-25-23)19-10-6-7-11-21(19)26-22;7-3(8)1-6(13,5(11)12)2-4(9)10/h6-7,10-11,18,25-26H,3-5,8-9,12-17H2,1-2H3;13H,1-2H2,(H,7,8)(H,9,10)(H,11,12). The second kappa shape index (κ2) is 11.9. The molecule has 2 fully saturated rings. The summed E-state index contributed by atoms with van der Waals surface area (Å²) in [4.78, 5) is 36.9. The van der Waals surface area contributed by atoms with E-state index in [0.717, 1.165) is 18.9 Å². The number of carboxylic acid groups (broad SMARTS) is 3. The summed E-state index contributed by atoms with van der Waals surface area (Å²) in [6.07, 6.45) is 11.3. The molecule has 0 radical (unpaired) electrons. The zero-order valence-corrected chi connectivity index (χ0v) is 23.5. The van der Waals surface area contributed by atoms with Crippen LogP contribution >= 0.6 is 0 Å². The molecule has 1 spiro atoms. The molecule has 1 aromatic heterocycles. The normalized spacial score (nSPS) is 25.3. The Balaban J connectivity index is 0.000000243. The van der Waals surface area contributed by atoms with Crippen molar-refractivity contribution in [3.8, 4) is 0 Å². The monoisotopic (exact) mass is 557 g/mol. The zero-order valence-electron chi connectivity index (χ0n) is 23.5. The molecular weight excluding hydrogens is 514 g/mol. The van der Waals surface area contributed by atoms with Gasteiger partial charge in [-0.2, -0.15) is 0 Å². The third kappa shape index (κ3) is 5.89. The molecule has 0 saturated heterocycles. The van der Waals surface area contributed by atoms with E-state index in [1.807, 2.05) is 0 Å². The van der Waals surface area contributed by atoms with Crippen LogP contribution in [0.2, 0.25) is 0 Å². The van der Waals surface area contributed by atoms with Crippen molar-refractivity contribution in [2.45, 2.75) is 93.7 Å². The molecule has 3 aliphatic rings. The fraction of sp³-hybridized carbons (Fsp3) is 0.633. The number of para-hydroxylation sites is 1. The quantitative estimate of drug-likeness (QED) is 0.298. The van der Waals surface area contributed by atoms with E-state index in [2.05, 4.69) is 53.6 Å². The second-order valence-electron chi connectivity index (χ2n) is 12.1. The third-order valence-corrected chi connectivity index (χ3v) is 9.64. The van der Waals surface area contributed by atoms with Gasteiger partial charge in [-0.05, 0) is 76.6 Å². The minimum atomic E-state index is -2.74. The number of benzene rings is 1. The topological polar surface area (TPSA) is 163 Å². The molecule has 1 aliphatic heterocycles. The van der Waals surface area contributed by atoms with Gasteiger partial charge in [-0.15, -0.1) is 0 Å². The van der Waals surface area contributed by atoms with Gasteiger partial charge in [-0.3, -0.25) is 9.59 Å². The lowest BCUT2D eigenvalue weighted by Crippen LogP contribution is -2.59. The number of fused-ring (bicyclic) bond motifs is 4. The van der Waals surface area contributed by atoms with E-state index in [0.29, 0.717) is 5.54 Å². The highest BCUT2D eigenvalue weighted by Gasteiger charge is 2.50. The smallest absolute Gasteiger partial charge is 0.336 e.